The summed E-state index contributed by atoms with van der Waals surface area (Å²) >= 11 is 1.53. The van der Waals surface area contributed by atoms with E-state index in [9.17, 15) is 13.2 Å². The van der Waals surface area contributed by atoms with Gasteiger partial charge in [0.15, 0.2) is 5.76 Å². The first-order valence-electron chi connectivity index (χ1n) is 8.54. The molecule has 0 saturated heterocycles. The monoisotopic (exact) mass is 415 g/mol. The zero-order chi connectivity index (χ0) is 19.7. The Bertz CT molecular complexity index is 1130. The van der Waals surface area contributed by atoms with E-state index in [2.05, 4.69) is 15.2 Å². The van der Waals surface area contributed by atoms with Gasteiger partial charge in [0, 0.05) is 33.9 Å². The lowest BCUT2D eigenvalue weighted by Gasteiger charge is -2.12. The number of aromatic nitrogens is 1. The van der Waals surface area contributed by atoms with Crippen molar-refractivity contribution in [1.82, 2.24) is 5.16 Å². The highest BCUT2D eigenvalue weighted by atomic mass is 32.2. The minimum atomic E-state index is -3.83. The van der Waals surface area contributed by atoms with Crippen LogP contribution in [0.5, 0.6) is 0 Å². The fraction of sp³-hybridized carbons (Fsp3) is 0.158. The van der Waals surface area contributed by atoms with Crippen LogP contribution in [0.2, 0.25) is 0 Å². The van der Waals surface area contributed by atoms with E-state index in [0.29, 0.717) is 28.5 Å². The Balaban J connectivity index is 1.62. The van der Waals surface area contributed by atoms with E-state index in [4.69, 9.17) is 4.52 Å². The molecular formula is C19H17N3O4S2. The lowest BCUT2D eigenvalue weighted by atomic mass is 10.1. The van der Waals surface area contributed by atoms with Crippen LogP contribution in [0, 0.1) is 5.92 Å². The predicted molar refractivity (Wildman–Crippen MR) is 108 cm³/mol. The smallest absolute Gasteiger partial charge is 0.261 e. The van der Waals surface area contributed by atoms with Crippen molar-refractivity contribution in [3.05, 3.63) is 54.7 Å². The Hall–Kier alpha value is -2.78. The van der Waals surface area contributed by atoms with Gasteiger partial charge in [-0.2, -0.15) is 0 Å². The van der Waals surface area contributed by atoms with Gasteiger partial charge in [0.05, 0.1) is 16.8 Å². The van der Waals surface area contributed by atoms with E-state index < -0.39 is 10.0 Å². The van der Waals surface area contributed by atoms with Crippen LogP contribution in [0.15, 0.2) is 69.0 Å². The molecule has 0 aliphatic carbocycles. The summed E-state index contributed by atoms with van der Waals surface area (Å²) in [6.07, 6.45) is 1.52. The van der Waals surface area contributed by atoms with Crippen molar-refractivity contribution in [3.8, 4) is 11.3 Å². The fourth-order valence-electron chi connectivity index (χ4n) is 2.76. The second-order valence-corrected chi connectivity index (χ2v) is 9.17. The Morgan fingerprint density at radius 2 is 2.07 bits per heavy atom. The van der Waals surface area contributed by atoms with Crippen LogP contribution in [0.4, 0.5) is 11.4 Å². The van der Waals surface area contributed by atoms with Gasteiger partial charge in [0.25, 0.3) is 10.0 Å². The number of anilines is 2. The Morgan fingerprint density at radius 3 is 2.86 bits per heavy atom. The summed E-state index contributed by atoms with van der Waals surface area (Å²) in [6, 6.07) is 13.3. The van der Waals surface area contributed by atoms with Crippen molar-refractivity contribution in [1.29, 1.82) is 0 Å². The number of nitrogens with one attached hydrogen (secondary N) is 2. The number of benzene rings is 2. The van der Waals surface area contributed by atoms with E-state index >= 15 is 0 Å². The Morgan fingerprint density at radius 1 is 1.21 bits per heavy atom. The van der Waals surface area contributed by atoms with Crippen molar-refractivity contribution in [3.63, 3.8) is 0 Å². The standard InChI is InChI=1S/C19H17N3O4S2/c1-12-11-27-18-6-5-15(10-16(18)21-19(12)23)28(24,25)22-14-4-2-3-13(9-14)17-7-8-20-26-17/h2-10,12,22H,11H2,1H3,(H,21,23). The Labute approximate surface area is 166 Å². The summed E-state index contributed by atoms with van der Waals surface area (Å²) in [6.45, 7) is 1.84. The molecule has 2 N–H and O–H groups in total. The molecule has 7 nitrogen and oxygen atoms in total. The van der Waals surface area contributed by atoms with Gasteiger partial charge in [0.1, 0.15) is 0 Å². The first-order chi connectivity index (χ1) is 13.4. The molecule has 0 saturated carbocycles. The third kappa shape index (κ3) is 3.76. The minimum Gasteiger partial charge on any atom is -0.356 e. The zero-order valence-corrected chi connectivity index (χ0v) is 16.5. The van der Waals surface area contributed by atoms with Gasteiger partial charge in [-0.05, 0) is 30.3 Å². The van der Waals surface area contributed by atoms with Crippen molar-refractivity contribution in [2.75, 3.05) is 15.8 Å². The van der Waals surface area contributed by atoms with Crippen LogP contribution in [0.1, 0.15) is 6.92 Å². The van der Waals surface area contributed by atoms with E-state index in [1.807, 2.05) is 6.92 Å². The largest absolute Gasteiger partial charge is 0.356 e. The summed E-state index contributed by atoms with van der Waals surface area (Å²) in [5.74, 6) is 0.931. The van der Waals surface area contributed by atoms with Crippen LogP contribution >= 0.6 is 11.8 Å². The highest BCUT2D eigenvalue weighted by molar-refractivity contribution is 7.99. The van der Waals surface area contributed by atoms with Crippen molar-refractivity contribution >= 4 is 39.1 Å². The number of fused-ring (bicyclic) bond motifs is 1. The molecule has 1 aromatic heterocycles. The number of hydrogen-bond donors (Lipinski definition) is 2. The molecule has 4 rings (SSSR count). The molecule has 2 heterocycles. The SMILES string of the molecule is CC1CSc2ccc(S(=O)(=O)Nc3cccc(-c4ccno4)c3)cc2NC1=O. The molecule has 3 aromatic rings. The molecule has 1 unspecified atom stereocenters. The number of sulfonamides is 1. The maximum Gasteiger partial charge on any atom is 0.261 e. The van der Waals surface area contributed by atoms with E-state index in [0.717, 1.165) is 4.90 Å². The third-order valence-corrected chi connectivity index (χ3v) is 7.01. The second-order valence-electron chi connectivity index (χ2n) is 6.42. The predicted octanol–water partition coefficient (Wildman–Crippen LogP) is 3.82. The van der Waals surface area contributed by atoms with Crippen LogP contribution < -0.4 is 10.0 Å². The van der Waals surface area contributed by atoms with Crippen LogP contribution in [-0.4, -0.2) is 25.2 Å². The molecule has 1 amide bonds. The first-order valence-corrected chi connectivity index (χ1v) is 11.0. The molecule has 144 valence electrons. The molecule has 1 aliphatic heterocycles. The molecule has 0 spiro atoms. The fourth-order valence-corrected chi connectivity index (χ4v) is 4.85. The molecule has 9 heteroatoms. The molecule has 1 aliphatic rings. The van der Waals surface area contributed by atoms with Gasteiger partial charge in [-0.25, -0.2) is 8.42 Å². The average Bonchev–Trinajstić information content (AvgIpc) is 3.16. The Kier molecular flexibility index (Phi) is 4.86. The molecule has 0 fully saturated rings. The molecule has 1 atom stereocenters. The maximum absolute atomic E-state index is 12.9. The molecule has 28 heavy (non-hydrogen) atoms. The first kappa shape index (κ1) is 18.6. The highest BCUT2D eigenvalue weighted by Gasteiger charge is 2.23. The summed E-state index contributed by atoms with van der Waals surface area (Å²) in [5, 5.41) is 6.47. The number of rotatable bonds is 4. The molecular weight excluding hydrogens is 398 g/mol. The maximum atomic E-state index is 12.9. The molecule has 0 radical (unpaired) electrons. The average molecular weight is 415 g/mol. The van der Waals surface area contributed by atoms with Gasteiger partial charge in [-0.15, -0.1) is 11.8 Å². The van der Waals surface area contributed by atoms with Gasteiger partial charge in [-0.1, -0.05) is 24.2 Å². The number of amides is 1. The highest BCUT2D eigenvalue weighted by Crippen LogP contribution is 2.34. The second kappa shape index (κ2) is 7.33. The van der Waals surface area contributed by atoms with Crippen molar-refractivity contribution < 1.29 is 17.7 Å². The van der Waals surface area contributed by atoms with Crippen LogP contribution in [0.25, 0.3) is 11.3 Å². The molecule has 0 bridgehead atoms. The minimum absolute atomic E-state index is 0.0757. The lowest BCUT2D eigenvalue weighted by molar-refractivity contribution is -0.118. The number of carbonyl (C=O) groups excluding carboxylic acids is 1. The summed E-state index contributed by atoms with van der Waals surface area (Å²) < 4.78 is 33.4. The normalized spacial score (nSPS) is 16.8. The third-order valence-electron chi connectivity index (χ3n) is 4.29. The molecule has 2 aromatic carbocycles. The summed E-state index contributed by atoms with van der Waals surface area (Å²) in [7, 11) is -3.83. The summed E-state index contributed by atoms with van der Waals surface area (Å²) in [4.78, 5) is 13.0. The summed E-state index contributed by atoms with van der Waals surface area (Å²) in [5.41, 5.74) is 1.62. The zero-order valence-electron chi connectivity index (χ0n) is 14.9. The van der Waals surface area contributed by atoms with Crippen molar-refractivity contribution in [2.45, 2.75) is 16.7 Å². The van der Waals surface area contributed by atoms with E-state index in [1.165, 1.54) is 30.1 Å². The lowest BCUT2D eigenvalue weighted by Crippen LogP contribution is -2.20. The quantitative estimate of drug-likeness (QED) is 0.672. The topological polar surface area (TPSA) is 101 Å². The van der Waals surface area contributed by atoms with Gasteiger partial charge in [0.2, 0.25) is 5.91 Å². The number of hydrogen-bond acceptors (Lipinski definition) is 6. The van der Waals surface area contributed by atoms with Crippen molar-refractivity contribution in [2.24, 2.45) is 5.92 Å². The van der Waals surface area contributed by atoms with Gasteiger partial charge >= 0.3 is 0 Å². The number of nitrogens with zero attached hydrogens (tertiary/aromatic N) is 1. The van der Waals surface area contributed by atoms with Crippen LogP contribution in [0.3, 0.4) is 0 Å². The van der Waals surface area contributed by atoms with Crippen LogP contribution in [-0.2, 0) is 14.8 Å². The number of thioether (sulfide) groups is 1. The van der Waals surface area contributed by atoms with Gasteiger partial charge < -0.3 is 9.84 Å². The number of carbonyl (C=O) groups is 1. The van der Waals surface area contributed by atoms with E-state index in [1.54, 1.807) is 36.4 Å². The van der Waals surface area contributed by atoms with E-state index in [-0.39, 0.29) is 16.7 Å². The van der Waals surface area contributed by atoms with Gasteiger partial charge in [-0.3, -0.25) is 9.52 Å².